The predicted octanol–water partition coefficient (Wildman–Crippen LogP) is 15.7. The van der Waals surface area contributed by atoms with Crippen LogP contribution in [0.15, 0.2) is 48.6 Å². The van der Waals surface area contributed by atoms with Crippen molar-refractivity contribution < 1.29 is 38.1 Å². The number of carbonyl (C=O) groups is 4. The van der Waals surface area contributed by atoms with Gasteiger partial charge in [0.15, 0.2) is 6.10 Å². The Hall–Kier alpha value is -3.40. The lowest BCUT2D eigenvalue weighted by molar-refractivity contribution is -0.167. The molecule has 1 amide bonds. The van der Waals surface area contributed by atoms with E-state index < -0.39 is 24.3 Å². The molecule has 1 rings (SSSR count). The normalized spacial score (nSPS) is 13.9. The fraction of sp³-hybridized carbons (Fsp3) is 0.797. The van der Waals surface area contributed by atoms with Gasteiger partial charge in [-0.3, -0.25) is 14.4 Å². The second-order valence-electron chi connectivity index (χ2n) is 19.4. The minimum absolute atomic E-state index is 0.0257. The van der Waals surface area contributed by atoms with Gasteiger partial charge in [0.05, 0.1) is 0 Å². The monoisotopic (exact) mass is 969 g/mol. The zero-order valence-electron chi connectivity index (χ0n) is 44.7. The quantitative estimate of drug-likeness (QED) is 0.0275. The summed E-state index contributed by atoms with van der Waals surface area (Å²) in [6, 6.07) is 0. The van der Waals surface area contributed by atoms with E-state index in [9.17, 15) is 19.2 Å². The van der Waals surface area contributed by atoms with E-state index in [2.05, 4.69) is 79.6 Å². The molecule has 0 aliphatic carbocycles. The molecular formula is C59H104N2O8. The number of nitrogens with one attached hydrogen (secondary N) is 1. The average molecular weight is 969 g/mol. The van der Waals surface area contributed by atoms with Crippen molar-refractivity contribution in [3.8, 4) is 0 Å². The van der Waals surface area contributed by atoms with E-state index in [1.807, 2.05) is 0 Å². The molecule has 398 valence electrons. The summed E-state index contributed by atoms with van der Waals surface area (Å²) in [4.78, 5) is 54.1. The van der Waals surface area contributed by atoms with Crippen LogP contribution in [0.4, 0.5) is 4.79 Å². The number of hydrogen-bond acceptors (Lipinski definition) is 9. The van der Waals surface area contributed by atoms with E-state index in [1.165, 1.54) is 89.9 Å². The molecular weight excluding hydrogens is 865 g/mol. The number of nitrogens with zero attached hydrogens (tertiary/aromatic N) is 1. The van der Waals surface area contributed by atoms with Gasteiger partial charge in [-0.15, -0.1) is 0 Å². The van der Waals surface area contributed by atoms with Crippen molar-refractivity contribution in [1.82, 2.24) is 10.2 Å². The first-order valence-electron chi connectivity index (χ1n) is 28.6. The molecule has 0 spiro atoms. The number of ether oxygens (including phenoxy) is 4. The Morgan fingerprint density at radius 1 is 0.449 bits per heavy atom. The van der Waals surface area contributed by atoms with Crippen molar-refractivity contribution in [2.45, 2.75) is 264 Å². The van der Waals surface area contributed by atoms with Crippen LogP contribution in [0.1, 0.15) is 252 Å². The molecule has 0 saturated carbocycles. The van der Waals surface area contributed by atoms with E-state index in [0.717, 1.165) is 129 Å². The number of amides is 1. The van der Waals surface area contributed by atoms with Gasteiger partial charge in [-0.25, -0.2) is 4.79 Å². The highest BCUT2D eigenvalue weighted by Crippen LogP contribution is 2.17. The maximum Gasteiger partial charge on any atom is 0.407 e. The molecule has 1 unspecified atom stereocenters. The fourth-order valence-electron chi connectivity index (χ4n) is 8.42. The van der Waals surface area contributed by atoms with Gasteiger partial charge >= 0.3 is 24.0 Å². The van der Waals surface area contributed by atoms with Gasteiger partial charge in [0.25, 0.3) is 0 Å². The fourth-order valence-corrected chi connectivity index (χ4v) is 8.42. The van der Waals surface area contributed by atoms with Crippen LogP contribution >= 0.6 is 0 Å². The number of piperidine rings is 1. The standard InChI is InChI=1S/C59H104N2O8/c1-4-7-10-13-16-18-20-22-24-26-28-30-32-35-39-44-56(62)66-52-55(53-67-57(63)45-40-36-33-31-29-27-25-23-21-19-17-14-11-8-5-2)68-58(64)47-46-54(43-38-34-15-12-9-6-3)69-59(65)60-48-51-61-49-41-37-42-50-61/h16-19,22-25,54-55H,4-15,20-21,26-53H2,1-3H3,(H,60,65)/b18-16-,19-17-,24-22-,25-23-. The summed E-state index contributed by atoms with van der Waals surface area (Å²) >= 11 is 0. The summed E-state index contributed by atoms with van der Waals surface area (Å²) in [5.74, 6) is -1.20. The second kappa shape index (κ2) is 49.6. The lowest BCUT2D eigenvalue weighted by Gasteiger charge is -2.26. The molecule has 10 nitrogen and oxygen atoms in total. The maximum atomic E-state index is 13.3. The highest BCUT2D eigenvalue weighted by Gasteiger charge is 2.22. The molecule has 1 N–H and O–H groups in total. The van der Waals surface area contributed by atoms with Crippen LogP contribution in [0.5, 0.6) is 0 Å². The van der Waals surface area contributed by atoms with E-state index in [0.29, 0.717) is 19.4 Å². The van der Waals surface area contributed by atoms with Crippen LogP contribution in [0.2, 0.25) is 0 Å². The molecule has 1 fully saturated rings. The molecule has 0 aromatic rings. The molecule has 1 aliphatic heterocycles. The number of allylic oxidation sites excluding steroid dienone is 8. The lowest BCUT2D eigenvalue weighted by atomic mass is 10.0. The summed E-state index contributed by atoms with van der Waals surface area (Å²) in [6.45, 7) is 9.74. The Morgan fingerprint density at radius 3 is 1.39 bits per heavy atom. The van der Waals surface area contributed by atoms with E-state index in [-0.39, 0.29) is 44.4 Å². The van der Waals surface area contributed by atoms with Gasteiger partial charge in [-0.2, -0.15) is 0 Å². The third kappa shape index (κ3) is 44.3. The number of rotatable bonds is 47. The molecule has 10 heteroatoms. The molecule has 0 aromatic heterocycles. The maximum absolute atomic E-state index is 13.3. The number of hydrogen-bond donors (Lipinski definition) is 1. The van der Waals surface area contributed by atoms with Crippen LogP contribution in [0.25, 0.3) is 0 Å². The van der Waals surface area contributed by atoms with Gasteiger partial charge in [0, 0.05) is 32.4 Å². The molecule has 1 heterocycles. The highest BCUT2D eigenvalue weighted by atomic mass is 16.6. The van der Waals surface area contributed by atoms with Gasteiger partial charge in [0.1, 0.15) is 19.3 Å². The summed E-state index contributed by atoms with van der Waals surface area (Å²) in [5.41, 5.74) is 0. The van der Waals surface area contributed by atoms with Crippen molar-refractivity contribution in [2.75, 3.05) is 39.4 Å². The third-order valence-corrected chi connectivity index (χ3v) is 12.8. The molecule has 0 radical (unpaired) electrons. The third-order valence-electron chi connectivity index (χ3n) is 12.8. The van der Waals surface area contributed by atoms with Crippen molar-refractivity contribution in [3.63, 3.8) is 0 Å². The van der Waals surface area contributed by atoms with E-state index in [1.54, 1.807) is 0 Å². The van der Waals surface area contributed by atoms with Crippen LogP contribution in [0, 0.1) is 0 Å². The number of alkyl carbamates (subject to hydrolysis) is 1. The molecule has 1 aliphatic rings. The zero-order chi connectivity index (χ0) is 49.9. The first kappa shape index (κ1) is 63.6. The van der Waals surface area contributed by atoms with Gasteiger partial charge in [-0.1, -0.05) is 172 Å². The number of likely N-dealkylation sites (tertiary alicyclic amines) is 1. The van der Waals surface area contributed by atoms with Crippen LogP contribution in [-0.2, 0) is 33.3 Å². The molecule has 69 heavy (non-hydrogen) atoms. The molecule has 1 saturated heterocycles. The molecule has 1 atom stereocenters. The second-order valence-corrected chi connectivity index (χ2v) is 19.4. The molecule has 0 bridgehead atoms. The van der Waals surface area contributed by atoms with Crippen LogP contribution < -0.4 is 5.32 Å². The summed E-state index contributed by atoms with van der Waals surface area (Å²) in [5, 5.41) is 2.91. The summed E-state index contributed by atoms with van der Waals surface area (Å²) < 4.78 is 22.8. The SMILES string of the molecule is CCCCC/C=C\C/C=C\CCCCCCCC(=O)OCC(COC(=O)CCCCCCC/C=C\C/C=C\CCCCC)OC(=O)CCC(CCCCCCCC)OC(=O)NCCN1CCCCC1. The smallest absolute Gasteiger partial charge is 0.407 e. The van der Waals surface area contributed by atoms with Gasteiger partial charge in [-0.05, 0) is 122 Å². The Labute approximate surface area is 423 Å². The topological polar surface area (TPSA) is 120 Å². The van der Waals surface area contributed by atoms with Crippen molar-refractivity contribution in [1.29, 1.82) is 0 Å². The largest absolute Gasteiger partial charge is 0.462 e. The number of carbonyl (C=O) groups excluding carboxylic acids is 4. The van der Waals surface area contributed by atoms with Gasteiger partial charge in [0.2, 0.25) is 0 Å². The Balaban J connectivity index is 2.60. The van der Waals surface area contributed by atoms with Crippen LogP contribution in [-0.4, -0.2) is 80.5 Å². The van der Waals surface area contributed by atoms with Gasteiger partial charge < -0.3 is 29.2 Å². The summed E-state index contributed by atoms with van der Waals surface area (Å²) in [6.07, 6.45) is 52.4. The minimum atomic E-state index is -0.921. The summed E-state index contributed by atoms with van der Waals surface area (Å²) in [7, 11) is 0. The first-order valence-corrected chi connectivity index (χ1v) is 28.6. The van der Waals surface area contributed by atoms with Crippen molar-refractivity contribution in [2.24, 2.45) is 0 Å². The first-order chi connectivity index (χ1) is 33.9. The van der Waals surface area contributed by atoms with Crippen molar-refractivity contribution in [3.05, 3.63) is 48.6 Å². The van der Waals surface area contributed by atoms with E-state index >= 15 is 0 Å². The Bertz CT molecular complexity index is 1280. The van der Waals surface area contributed by atoms with Crippen LogP contribution in [0.3, 0.4) is 0 Å². The lowest BCUT2D eigenvalue weighted by Crippen LogP contribution is -2.38. The highest BCUT2D eigenvalue weighted by molar-refractivity contribution is 5.71. The number of esters is 3. The van der Waals surface area contributed by atoms with Crippen molar-refractivity contribution >= 4 is 24.0 Å². The zero-order valence-corrected chi connectivity index (χ0v) is 44.7. The Kier molecular flexibility index (Phi) is 45.7. The average Bonchev–Trinajstić information content (AvgIpc) is 3.35. The number of unbranched alkanes of at least 4 members (excludes halogenated alkanes) is 21. The minimum Gasteiger partial charge on any atom is -0.462 e. The molecule has 0 aromatic carbocycles. The predicted molar refractivity (Wildman–Crippen MR) is 286 cm³/mol. The Morgan fingerprint density at radius 2 is 0.884 bits per heavy atom. The van der Waals surface area contributed by atoms with E-state index in [4.69, 9.17) is 18.9 Å².